The van der Waals surface area contributed by atoms with Crippen LogP contribution in [0.4, 0.5) is 0 Å². The lowest BCUT2D eigenvalue weighted by atomic mass is 9.69. The van der Waals surface area contributed by atoms with Gasteiger partial charge in [-0.25, -0.2) is 0 Å². The maximum absolute atomic E-state index is 12.3. The van der Waals surface area contributed by atoms with Crippen molar-refractivity contribution in [3.05, 3.63) is 76.3 Å². The molecule has 0 saturated heterocycles. The quantitative estimate of drug-likeness (QED) is 0.626. The molecule has 1 unspecified atom stereocenters. The molecule has 0 spiro atoms. The third-order valence-corrected chi connectivity index (χ3v) is 4.84. The Labute approximate surface area is 148 Å². The fourth-order valence-electron chi connectivity index (χ4n) is 3.24. The monoisotopic (exact) mass is 334 g/mol. The minimum Gasteiger partial charge on any atom is -0.295 e. The number of benzene rings is 2. The van der Waals surface area contributed by atoms with Crippen LogP contribution in [0.5, 0.6) is 0 Å². The van der Waals surface area contributed by atoms with Gasteiger partial charge >= 0.3 is 0 Å². The maximum atomic E-state index is 12.3. The standard InChI is InChI=1S/C22H19ClO/c1-16-20(24)13-15-22(2,21(16)18-6-4-3-5-7-18)14-12-17-8-10-19(23)11-9-17/h3-11H,13,15H2,1-2H3. The smallest absolute Gasteiger partial charge is 0.158 e. The second kappa shape index (κ2) is 6.67. The van der Waals surface area contributed by atoms with E-state index in [9.17, 15) is 4.79 Å². The molecule has 0 N–H and O–H groups in total. The first-order valence-corrected chi connectivity index (χ1v) is 8.46. The van der Waals surface area contributed by atoms with Gasteiger partial charge in [0.05, 0.1) is 5.41 Å². The van der Waals surface area contributed by atoms with Crippen molar-refractivity contribution >= 4 is 23.0 Å². The van der Waals surface area contributed by atoms with Crippen LogP contribution < -0.4 is 0 Å². The van der Waals surface area contributed by atoms with Crippen LogP contribution in [0, 0.1) is 17.3 Å². The molecule has 3 rings (SSSR count). The van der Waals surface area contributed by atoms with Gasteiger partial charge in [-0.2, -0.15) is 0 Å². The summed E-state index contributed by atoms with van der Waals surface area (Å²) in [7, 11) is 0. The Hall–Kier alpha value is -2.30. The molecule has 0 amide bonds. The first-order valence-electron chi connectivity index (χ1n) is 8.08. The zero-order valence-corrected chi connectivity index (χ0v) is 14.7. The summed E-state index contributed by atoms with van der Waals surface area (Å²) in [5, 5.41) is 0.704. The minimum atomic E-state index is -0.334. The molecule has 0 heterocycles. The molecule has 0 aliphatic heterocycles. The van der Waals surface area contributed by atoms with Crippen LogP contribution in [-0.2, 0) is 4.79 Å². The van der Waals surface area contributed by atoms with Crippen molar-refractivity contribution in [3.63, 3.8) is 0 Å². The normalized spacial score (nSPS) is 20.5. The summed E-state index contributed by atoms with van der Waals surface area (Å²) >= 11 is 5.93. The minimum absolute atomic E-state index is 0.222. The molecule has 0 fully saturated rings. The van der Waals surface area contributed by atoms with Crippen molar-refractivity contribution < 1.29 is 4.79 Å². The van der Waals surface area contributed by atoms with Gasteiger partial charge in [-0.15, -0.1) is 0 Å². The van der Waals surface area contributed by atoms with Crippen LogP contribution in [0.25, 0.3) is 5.57 Å². The highest BCUT2D eigenvalue weighted by atomic mass is 35.5. The Morgan fingerprint density at radius 3 is 2.38 bits per heavy atom. The lowest BCUT2D eigenvalue weighted by Crippen LogP contribution is -2.26. The van der Waals surface area contributed by atoms with Crippen molar-refractivity contribution in [1.82, 2.24) is 0 Å². The van der Waals surface area contributed by atoms with Gasteiger partial charge < -0.3 is 0 Å². The second-order valence-electron chi connectivity index (χ2n) is 6.38. The Morgan fingerprint density at radius 2 is 1.71 bits per heavy atom. The Morgan fingerprint density at radius 1 is 1.04 bits per heavy atom. The lowest BCUT2D eigenvalue weighted by molar-refractivity contribution is -0.116. The number of carbonyl (C=O) groups excluding carboxylic acids is 1. The second-order valence-corrected chi connectivity index (χ2v) is 6.81. The van der Waals surface area contributed by atoms with Gasteiger partial charge in [-0.05, 0) is 61.2 Å². The fraction of sp³-hybridized carbons (Fsp3) is 0.227. The van der Waals surface area contributed by atoms with Crippen molar-refractivity contribution in [3.8, 4) is 11.8 Å². The van der Waals surface area contributed by atoms with E-state index in [2.05, 4.69) is 30.9 Å². The summed E-state index contributed by atoms with van der Waals surface area (Å²) in [6, 6.07) is 17.6. The number of halogens is 1. The average Bonchev–Trinajstić information content (AvgIpc) is 2.59. The zero-order valence-electron chi connectivity index (χ0n) is 13.9. The Kier molecular flexibility index (Phi) is 4.60. The molecular weight excluding hydrogens is 316 g/mol. The van der Waals surface area contributed by atoms with Crippen LogP contribution in [0.1, 0.15) is 37.8 Å². The maximum Gasteiger partial charge on any atom is 0.158 e. The first kappa shape index (κ1) is 16.6. The van der Waals surface area contributed by atoms with Crippen LogP contribution in [0.2, 0.25) is 5.02 Å². The van der Waals surface area contributed by atoms with Gasteiger partial charge in [0, 0.05) is 17.0 Å². The third kappa shape index (κ3) is 3.30. The topological polar surface area (TPSA) is 17.1 Å². The van der Waals surface area contributed by atoms with E-state index in [4.69, 9.17) is 11.6 Å². The van der Waals surface area contributed by atoms with Gasteiger partial charge in [-0.1, -0.05) is 53.8 Å². The summed E-state index contributed by atoms with van der Waals surface area (Å²) in [6.45, 7) is 4.06. The number of hydrogen-bond donors (Lipinski definition) is 0. The van der Waals surface area contributed by atoms with Gasteiger partial charge in [0.25, 0.3) is 0 Å². The Bertz CT molecular complexity index is 850. The van der Waals surface area contributed by atoms with Gasteiger partial charge in [-0.3, -0.25) is 4.79 Å². The van der Waals surface area contributed by atoms with E-state index in [1.807, 2.05) is 49.4 Å². The molecule has 2 heteroatoms. The average molecular weight is 335 g/mol. The molecule has 0 saturated carbocycles. The van der Waals surface area contributed by atoms with E-state index in [1.165, 1.54) is 0 Å². The number of rotatable bonds is 1. The zero-order chi connectivity index (χ0) is 17.2. The molecule has 2 aromatic rings. The molecule has 0 radical (unpaired) electrons. The summed E-state index contributed by atoms with van der Waals surface area (Å²) in [5.41, 5.74) is 3.57. The predicted octanol–water partition coefficient (Wildman–Crippen LogP) is 5.53. The molecular formula is C22H19ClO. The Balaban J connectivity index is 2.07. The van der Waals surface area contributed by atoms with Crippen LogP contribution in [0.15, 0.2) is 60.2 Å². The van der Waals surface area contributed by atoms with Crippen molar-refractivity contribution in [2.75, 3.05) is 0 Å². The first-order chi connectivity index (χ1) is 11.5. The van der Waals surface area contributed by atoms with E-state index in [0.717, 1.165) is 28.7 Å². The molecule has 24 heavy (non-hydrogen) atoms. The van der Waals surface area contributed by atoms with Gasteiger partial charge in [0.1, 0.15) is 0 Å². The highest BCUT2D eigenvalue weighted by Crippen LogP contribution is 2.44. The third-order valence-electron chi connectivity index (χ3n) is 4.59. The van der Waals surface area contributed by atoms with E-state index in [0.29, 0.717) is 11.4 Å². The molecule has 2 aromatic carbocycles. The molecule has 0 bridgehead atoms. The van der Waals surface area contributed by atoms with E-state index in [1.54, 1.807) is 0 Å². The molecule has 1 aliphatic rings. The lowest BCUT2D eigenvalue weighted by Gasteiger charge is -2.33. The van der Waals surface area contributed by atoms with E-state index >= 15 is 0 Å². The summed E-state index contributed by atoms with van der Waals surface area (Å²) < 4.78 is 0. The fourth-order valence-corrected chi connectivity index (χ4v) is 3.36. The molecule has 1 nitrogen and oxygen atoms in total. The van der Waals surface area contributed by atoms with E-state index < -0.39 is 0 Å². The largest absolute Gasteiger partial charge is 0.295 e. The van der Waals surface area contributed by atoms with Crippen molar-refractivity contribution in [1.29, 1.82) is 0 Å². The SMILES string of the molecule is CC1=C(c2ccccc2)C(C)(C#Cc2ccc(Cl)cc2)CCC1=O. The molecule has 120 valence electrons. The highest BCUT2D eigenvalue weighted by molar-refractivity contribution is 6.30. The molecule has 1 aliphatic carbocycles. The summed E-state index contributed by atoms with van der Waals surface area (Å²) in [5.74, 6) is 6.92. The van der Waals surface area contributed by atoms with Crippen molar-refractivity contribution in [2.24, 2.45) is 5.41 Å². The van der Waals surface area contributed by atoms with Crippen molar-refractivity contribution in [2.45, 2.75) is 26.7 Å². The highest BCUT2D eigenvalue weighted by Gasteiger charge is 2.35. The van der Waals surface area contributed by atoms with Crippen LogP contribution >= 0.6 is 11.6 Å². The number of Topliss-reactive ketones (excluding diaryl/α,β-unsaturated/α-hetero) is 1. The van der Waals surface area contributed by atoms with Gasteiger partial charge in [0.15, 0.2) is 5.78 Å². The van der Waals surface area contributed by atoms with Crippen LogP contribution in [0.3, 0.4) is 0 Å². The summed E-state index contributed by atoms with van der Waals surface area (Å²) in [4.78, 5) is 12.3. The predicted molar refractivity (Wildman–Crippen MR) is 99.7 cm³/mol. The summed E-state index contributed by atoms with van der Waals surface area (Å²) in [6.07, 6.45) is 1.29. The number of carbonyl (C=O) groups is 1. The molecule has 0 aromatic heterocycles. The van der Waals surface area contributed by atoms with E-state index in [-0.39, 0.29) is 11.2 Å². The number of allylic oxidation sites excluding steroid dienone is 2. The van der Waals surface area contributed by atoms with Crippen LogP contribution in [-0.4, -0.2) is 5.78 Å². The van der Waals surface area contributed by atoms with Gasteiger partial charge in [0.2, 0.25) is 0 Å². The molecule has 1 atom stereocenters. The number of ketones is 1. The number of hydrogen-bond acceptors (Lipinski definition) is 1.